The van der Waals surface area contributed by atoms with Gasteiger partial charge in [0.25, 0.3) is 11.8 Å². The van der Waals surface area contributed by atoms with E-state index in [9.17, 15) is 14.7 Å². The lowest BCUT2D eigenvalue weighted by atomic mass is 9.79. The highest BCUT2D eigenvalue weighted by Crippen LogP contribution is 2.40. The third kappa shape index (κ3) is 5.70. The van der Waals surface area contributed by atoms with Gasteiger partial charge >= 0.3 is 0 Å². The average Bonchev–Trinajstić information content (AvgIpc) is 2.89. The molecular formula is C31H35N3O3. The van der Waals surface area contributed by atoms with E-state index in [-0.39, 0.29) is 17.6 Å². The zero-order valence-corrected chi connectivity index (χ0v) is 21.4. The second kappa shape index (κ2) is 11.2. The first-order chi connectivity index (χ1) is 18.0. The van der Waals surface area contributed by atoms with Crippen molar-refractivity contribution < 1.29 is 14.7 Å². The van der Waals surface area contributed by atoms with Crippen molar-refractivity contribution in [3.05, 3.63) is 94.5 Å². The number of likely N-dealkylation sites (tertiary alicyclic amines) is 1. The van der Waals surface area contributed by atoms with Gasteiger partial charge in [0.1, 0.15) is 5.75 Å². The molecule has 2 amide bonds. The maximum Gasteiger partial charge on any atom is 0.255 e. The molecule has 1 saturated heterocycles. The molecule has 192 valence electrons. The summed E-state index contributed by atoms with van der Waals surface area (Å²) >= 11 is 0. The number of hydrogen-bond acceptors (Lipinski definition) is 4. The van der Waals surface area contributed by atoms with E-state index in [0.29, 0.717) is 41.7 Å². The van der Waals surface area contributed by atoms with E-state index >= 15 is 0 Å². The number of nitrogens with one attached hydrogen (secondary N) is 2. The largest absolute Gasteiger partial charge is 0.508 e. The van der Waals surface area contributed by atoms with E-state index < -0.39 is 0 Å². The van der Waals surface area contributed by atoms with Gasteiger partial charge in [-0.1, -0.05) is 42.8 Å². The number of nitrogens with zero attached hydrogens (tertiary/aromatic N) is 1. The van der Waals surface area contributed by atoms with Gasteiger partial charge in [-0.2, -0.15) is 0 Å². The van der Waals surface area contributed by atoms with Gasteiger partial charge in [-0.3, -0.25) is 9.59 Å². The highest BCUT2D eigenvalue weighted by molar-refractivity contribution is 6.05. The van der Waals surface area contributed by atoms with Crippen LogP contribution in [0.3, 0.4) is 0 Å². The van der Waals surface area contributed by atoms with Crippen molar-refractivity contribution in [3.8, 4) is 5.75 Å². The number of carbonyl (C=O) groups is 2. The summed E-state index contributed by atoms with van der Waals surface area (Å²) in [5, 5.41) is 16.5. The Morgan fingerprint density at radius 1 is 0.892 bits per heavy atom. The number of rotatable bonds is 7. The molecule has 0 radical (unpaired) electrons. The van der Waals surface area contributed by atoms with Crippen molar-refractivity contribution >= 4 is 17.5 Å². The van der Waals surface area contributed by atoms with Gasteiger partial charge in [0.05, 0.1) is 0 Å². The standard InChI is InChI=1S/C31H35N3O3/c1-32-20-21-5-2-8-24(17-21)22-13-15-34(16-14-22)31(37)26-9-4-10-27(18-26)33-30(36)25-11-12-28(29(35)19-25)23-6-3-7-23/h2,4-5,8-12,17-19,22-23,32,35H,3,6-7,13-16,20H2,1H3,(H,33,36). The maximum absolute atomic E-state index is 13.2. The van der Waals surface area contributed by atoms with E-state index in [1.54, 1.807) is 30.3 Å². The monoisotopic (exact) mass is 497 g/mol. The number of aromatic hydroxyl groups is 1. The number of piperidine rings is 1. The fourth-order valence-electron chi connectivity index (χ4n) is 5.44. The number of carbonyl (C=O) groups excluding carboxylic acids is 2. The van der Waals surface area contributed by atoms with Gasteiger partial charge in [0.2, 0.25) is 0 Å². The van der Waals surface area contributed by atoms with Gasteiger partial charge in [0.15, 0.2) is 0 Å². The van der Waals surface area contributed by atoms with Crippen LogP contribution in [0.5, 0.6) is 5.75 Å². The second-order valence-electron chi connectivity index (χ2n) is 10.3. The van der Waals surface area contributed by atoms with Crippen LogP contribution in [-0.4, -0.2) is 42.0 Å². The third-order valence-electron chi connectivity index (χ3n) is 7.79. The quantitative estimate of drug-likeness (QED) is 0.394. The van der Waals surface area contributed by atoms with Crippen molar-refractivity contribution in [2.45, 2.75) is 50.5 Å². The fourth-order valence-corrected chi connectivity index (χ4v) is 5.44. The molecule has 6 heteroatoms. The van der Waals surface area contributed by atoms with Gasteiger partial charge in [-0.05, 0) is 91.6 Å². The minimum Gasteiger partial charge on any atom is -0.508 e. The van der Waals surface area contributed by atoms with Crippen LogP contribution < -0.4 is 10.6 Å². The zero-order chi connectivity index (χ0) is 25.8. The molecule has 2 fully saturated rings. The first-order valence-electron chi connectivity index (χ1n) is 13.3. The highest BCUT2D eigenvalue weighted by Gasteiger charge is 2.25. The Morgan fingerprint density at radius 2 is 1.68 bits per heavy atom. The summed E-state index contributed by atoms with van der Waals surface area (Å²) in [5.41, 5.74) is 5.08. The summed E-state index contributed by atoms with van der Waals surface area (Å²) in [6.07, 6.45) is 5.23. The number of hydrogen-bond donors (Lipinski definition) is 3. The Bertz CT molecular complexity index is 1280. The molecule has 0 atom stereocenters. The second-order valence-corrected chi connectivity index (χ2v) is 10.3. The van der Waals surface area contributed by atoms with E-state index in [1.807, 2.05) is 18.0 Å². The number of phenols is 1. The van der Waals surface area contributed by atoms with Crippen LogP contribution in [0.1, 0.15) is 81.3 Å². The topological polar surface area (TPSA) is 81.7 Å². The molecule has 1 saturated carbocycles. The van der Waals surface area contributed by atoms with Crippen LogP contribution in [-0.2, 0) is 6.54 Å². The summed E-state index contributed by atoms with van der Waals surface area (Å²) in [7, 11) is 1.95. The predicted octanol–water partition coefficient (Wildman–Crippen LogP) is 5.65. The molecule has 2 aliphatic rings. The van der Waals surface area contributed by atoms with Gasteiger partial charge in [0, 0.05) is 36.4 Å². The van der Waals surface area contributed by atoms with Crippen molar-refractivity contribution in [1.29, 1.82) is 0 Å². The Morgan fingerprint density at radius 3 is 2.38 bits per heavy atom. The van der Waals surface area contributed by atoms with Crippen LogP contribution in [0.4, 0.5) is 5.69 Å². The zero-order valence-electron chi connectivity index (χ0n) is 21.4. The van der Waals surface area contributed by atoms with Gasteiger partial charge in [-0.25, -0.2) is 0 Å². The summed E-state index contributed by atoms with van der Waals surface area (Å²) in [6.45, 7) is 2.27. The first kappa shape index (κ1) is 25.0. The number of anilines is 1. The van der Waals surface area contributed by atoms with Crippen LogP contribution >= 0.6 is 0 Å². The molecule has 1 aliphatic carbocycles. The average molecular weight is 498 g/mol. The van der Waals surface area contributed by atoms with Crippen molar-refractivity contribution in [3.63, 3.8) is 0 Å². The Kier molecular flexibility index (Phi) is 7.56. The van der Waals surface area contributed by atoms with E-state index in [2.05, 4.69) is 34.9 Å². The molecule has 1 heterocycles. The molecule has 0 unspecified atom stereocenters. The Labute approximate surface area is 218 Å². The van der Waals surface area contributed by atoms with Crippen LogP contribution in [0.25, 0.3) is 0 Å². The molecule has 3 N–H and O–H groups in total. The van der Waals surface area contributed by atoms with Crippen LogP contribution in [0, 0.1) is 0 Å². The summed E-state index contributed by atoms with van der Waals surface area (Å²) < 4.78 is 0. The normalized spacial score (nSPS) is 16.3. The van der Waals surface area contributed by atoms with E-state index in [4.69, 9.17) is 0 Å². The predicted molar refractivity (Wildman–Crippen MR) is 146 cm³/mol. The summed E-state index contributed by atoms with van der Waals surface area (Å²) in [6, 6.07) is 21.0. The molecule has 0 aromatic heterocycles. The van der Waals surface area contributed by atoms with Gasteiger partial charge < -0.3 is 20.6 Å². The Balaban J connectivity index is 1.20. The smallest absolute Gasteiger partial charge is 0.255 e. The third-order valence-corrected chi connectivity index (χ3v) is 7.79. The molecular weight excluding hydrogens is 462 g/mol. The summed E-state index contributed by atoms with van der Waals surface area (Å²) in [5.74, 6) is 0.716. The van der Waals surface area contributed by atoms with Gasteiger partial charge in [-0.15, -0.1) is 0 Å². The van der Waals surface area contributed by atoms with Crippen molar-refractivity contribution in [1.82, 2.24) is 10.2 Å². The van der Waals surface area contributed by atoms with E-state index in [1.165, 1.54) is 23.6 Å². The molecule has 0 spiro atoms. The highest BCUT2D eigenvalue weighted by atomic mass is 16.3. The van der Waals surface area contributed by atoms with Crippen molar-refractivity contribution in [2.24, 2.45) is 0 Å². The minimum atomic E-state index is -0.304. The first-order valence-corrected chi connectivity index (χ1v) is 13.3. The minimum absolute atomic E-state index is 0.0130. The maximum atomic E-state index is 13.2. The SMILES string of the molecule is CNCc1cccc(C2CCN(C(=O)c3cccc(NC(=O)c4ccc(C5CCC5)c(O)c4)c3)CC2)c1. The molecule has 1 aliphatic heterocycles. The molecule has 0 bridgehead atoms. The lowest BCUT2D eigenvalue weighted by Crippen LogP contribution is -2.38. The number of amides is 2. The molecule has 3 aromatic rings. The number of benzene rings is 3. The lowest BCUT2D eigenvalue weighted by molar-refractivity contribution is 0.0712. The molecule has 5 rings (SSSR count). The molecule has 37 heavy (non-hydrogen) atoms. The molecule has 3 aromatic carbocycles. The van der Waals surface area contributed by atoms with Crippen LogP contribution in [0.15, 0.2) is 66.7 Å². The van der Waals surface area contributed by atoms with E-state index in [0.717, 1.165) is 37.8 Å². The summed E-state index contributed by atoms with van der Waals surface area (Å²) in [4.78, 5) is 28.0. The lowest BCUT2D eigenvalue weighted by Gasteiger charge is -2.32. The fraction of sp³-hybridized carbons (Fsp3) is 0.355. The number of phenolic OH excluding ortho intramolecular Hbond substituents is 1. The van der Waals surface area contributed by atoms with Crippen LogP contribution in [0.2, 0.25) is 0 Å². The van der Waals surface area contributed by atoms with Crippen molar-refractivity contribution in [2.75, 3.05) is 25.5 Å². The molecule has 6 nitrogen and oxygen atoms in total. The Hall–Kier alpha value is -3.64.